The van der Waals surface area contributed by atoms with Crippen LogP contribution >= 0.6 is 0 Å². The molecule has 1 aliphatic carbocycles. The number of nitrogens with zero attached hydrogens (tertiary/aromatic N) is 1. The number of hydrogen-bond donors (Lipinski definition) is 1. The molecule has 0 spiro atoms. The first-order chi connectivity index (χ1) is 13.1. The van der Waals surface area contributed by atoms with E-state index in [1.165, 1.54) is 0 Å². The molecule has 146 valence electrons. The molecule has 1 heterocycles. The fourth-order valence-electron chi connectivity index (χ4n) is 3.74. The molecular weight excluding hydrogens is 356 g/mol. The van der Waals surface area contributed by atoms with E-state index in [1.807, 2.05) is 13.8 Å². The summed E-state index contributed by atoms with van der Waals surface area (Å²) in [5.74, 6) is -0.876. The molecule has 0 bridgehead atoms. The van der Waals surface area contributed by atoms with E-state index in [0.717, 1.165) is 0 Å². The maximum Gasteiger partial charge on any atom is 0.340 e. The van der Waals surface area contributed by atoms with Crippen LogP contribution in [0.2, 0.25) is 0 Å². The monoisotopic (exact) mass is 380 g/mol. The van der Waals surface area contributed by atoms with Gasteiger partial charge in [0.2, 0.25) is 5.88 Å². The number of carbonyl (C=O) groups excluding carboxylic acids is 2. The lowest BCUT2D eigenvalue weighted by molar-refractivity contribution is -0.143. The minimum Gasteiger partial charge on any atom is -0.459 e. The van der Waals surface area contributed by atoms with E-state index in [-0.39, 0.29) is 28.8 Å². The third-order valence-corrected chi connectivity index (χ3v) is 4.89. The fraction of sp³-hybridized carbons (Fsp3) is 0.409. The number of ether oxygens (including phenoxy) is 2. The SMILES string of the molecule is CC(C)OC(=O)C1=C(N)OC2=C(C(=O)CC(C)(C)C2)[C@@H]1c1ccc(C#N)cc1. The van der Waals surface area contributed by atoms with E-state index in [1.54, 1.807) is 38.1 Å². The number of nitrogens with two attached hydrogens (primary N) is 1. The molecule has 6 nitrogen and oxygen atoms in total. The van der Waals surface area contributed by atoms with Gasteiger partial charge in [-0.15, -0.1) is 0 Å². The molecule has 1 aromatic carbocycles. The number of allylic oxidation sites excluding steroid dienone is 2. The number of ketones is 1. The number of benzene rings is 1. The van der Waals surface area contributed by atoms with Gasteiger partial charge in [0.25, 0.3) is 0 Å². The van der Waals surface area contributed by atoms with Crippen LogP contribution in [0.1, 0.15) is 57.6 Å². The molecule has 1 aliphatic heterocycles. The Bertz CT molecular complexity index is 930. The van der Waals surface area contributed by atoms with E-state index < -0.39 is 11.9 Å². The van der Waals surface area contributed by atoms with E-state index in [2.05, 4.69) is 6.07 Å². The van der Waals surface area contributed by atoms with Gasteiger partial charge < -0.3 is 15.2 Å². The first-order valence-electron chi connectivity index (χ1n) is 9.27. The van der Waals surface area contributed by atoms with Crippen LogP contribution in [0, 0.1) is 16.7 Å². The highest BCUT2D eigenvalue weighted by atomic mass is 16.5. The quantitative estimate of drug-likeness (QED) is 0.806. The van der Waals surface area contributed by atoms with Crippen LogP contribution in [0.4, 0.5) is 0 Å². The molecular formula is C22H24N2O4. The lowest BCUT2D eigenvalue weighted by Crippen LogP contribution is -2.36. The van der Waals surface area contributed by atoms with Crippen molar-refractivity contribution >= 4 is 11.8 Å². The Balaban J connectivity index is 2.16. The number of nitriles is 1. The topological polar surface area (TPSA) is 102 Å². The van der Waals surface area contributed by atoms with Crippen LogP contribution in [0.25, 0.3) is 0 Å². The summed E-state index contributed by atoms with van der Waals surface area (Å²) < 4.78 is 11.1. The molecule has 2 N–H and O–H groups in total. The predicted octanol–water partition coefficient (Wildman–Crippen LogP) is 3.44. The standard InChI is InChI=1S/C22H24N2O4/c1-12(2)27-21(26)19-17(14-7-5-13(11-23)6-8-14)18-15(25)9-22(3,4)10-16(18)28-20(19)24/h5-8,12,17H,9-10,24H2,1-4H3/t17-/m0/s1. The van der Waals surface area contributed by atoms with Gasteiger partial charge in [0.1, 0.15) is 11.3 Å². The van der Waals surface area contributed by atoms with E-state index in [0.29, 0.717) is 35.3 Å². The smallest absolute Gasteiger partial charge is 0.340 e. The maximum atomic E-state index is 13.0. The Hall–Kier alpha value is -3.07. The highest BCUT2D eigenvalue weighted by Gasteiger charge is 2.45. The molecule has 1 aromatic rings. The van der Waals surface area contributed by atoms with Crippen LogP contribution in [0.15, 0.2) is 47.1 Å². The minimum absolute atomic E-state index is 0.0377. The second-order valence-electron chi connectivity index (χ2n) is 8.28. The van der Waals surface area contributed by atoms with Gasteiger partial charge in [-0.1, -0.05) is 26.0 Å². The largest absolute Gasteiger partial charge is 0.459 e. The zero-order valence-corrected chi connectivity index (χ0v) is 16.5. The molecule has 6 heteroatoms. The molecule has 0 aromatic heterocycles. The highest BCUT2D eigenvalue weighted by Crippen LogP contribution is 2.48. The molecule has 0 saturated carbocycles. The zero-order chi connectivity index (χ0) is 20.6. The van der Waals surface area contributed by atoms with Gasteiger partial charge in [-0.2, -0.15) is 5.26 Å². The second kappa shape index (κ2) is 7.16. The van der Waals surface area contributed by atoms with Crippen LogP contribution in [0.5, 0.6) is 0 Å². The van der Waals surface area contributed by atoms with Crippen molar-refractivity contribution in [3.05, 3.63) is 58.2 Å². The lowest BCUT2D eigenvalue weighted by atomic mass is 9.70. The number of carbonyl (C=O) groups is 2. The molecule has 0 radical (unpaired) electrons. The molecule has 1 atom stereocenters. The van der Waals surface area contributed by atoms with Crippen molar-refractivity contribution in [2.24, 2.45) is 11.1 Å². The Kier molecular flexibility index (Phi) is 5.03. The summed E-state index contributed by atoms with van der Waals surface area (Å²) >= 11 is 0. The van der Waals surface area contributed by atoms with Gasteiger partial charge in [0, 0.05) is 18.4 Å². The van der Waals surface area contributed by atoms with Crippen molar-refractivity contribution in [3.8, 4) is 6.07 Å². The third-order valence-electron chi connectivity index (χ3n) is 4.89. The van der Waals surface area contributed by atoms with Gasteiger partial charge >= 0.3 is 5.97 Å². The average molecular weight is 380 g/mol. The van der Waals surface area contributed by atoms with Crippen LogP contribution in [0.3, 0.4) is 0 Å². The average Bonchev–Trinajstić information content (AvgIpc) is 2.58. The fourth-order valence-corrected chi connectivity index (χ4v) is 3.74. The Labute approximate surface area is 164 Å². The number of hydrogen-bond acceptors (Lipinski definition) is 6. The summed E-state index contributed by atoms with van der Waals surface area (Å²) in [5, 5.41) is 9.07. The van der Waals surface area contributed by atoms with Crippen LogP contribution < -0.4 is 5.73 Å². The van der Waals surface area contributed by atoms with Gasteiger partial charge in [-0.25, -0.2) is 4.79 Å². The number of esters is 1. The Morgan fingerprint density at radius 3 is 2.50 bits per heavy atom. The first-order valence-corrected chi connectivity index (χ1v) is 9.27. The van der Waals surface area contributed by atoms with E-state index >= 15 is 0 Å². The number of rotatable bonds is 3. The van der Waals surface area contributed by atoms with Crippen LogP contribution in [-0.4, -0.2) is 17.9 Å². The summed E-state index contributed by atoms with van der Waals surface area (Å²) in [7, 11) is 0. The van der Waals surface area contributed by atoms with Crippen molar-refractivity contribution in [3.63, 3.8) is 0 Å². The zero-order valence-electron chi connectivity index (χ0n) is 16.5. The summed E-state index contributed by atoms with van der Waals surface area (Å²) in [6, 6.07) is 8.86. The van der Waals surface area contributed by atoms with Crippen molar-refractivity contribution in [2.75, 3.05) is 0 Å². The molecule has 0 unspecified atom stereocenters. The number of Topliss-reactive ketones (excluding diaryl/α,β-unsaturated/α-hetero) is 1. The van der Waals surface area contributed by atoms with Gasteiger partial charge in [0.05, 0.1) is 23.7 Å². The first kappa shape index (κ1) is 19.7. The van der Waals surface area contributed by atoms with Crippen molar-refractivity contribution < 1.29 is 19.1 Å². The minimum atomic E-state index is -0.675. The van der Waals surface area contributed by atoms with Crippen molar-refractivity contribution in [1.29, 1.82) is 5.26 Å². The molecule has 3 rings (SSSR count). The Morgan fingerprint density at radius 2 is 1.93 bits per heavy atom. The van der Waals surface area contributed by atoms with Gasteiger partial charge in [0.15, 0.2) is 5.78 Å². The summed E-state index contributed by atoms with van der Waals surface area (Å²) in [5.41, 5.74) is 7.66. The second-order valence-corrected chi connectivity index (χ2v) is 8.28. The lowest BCUT2D eigenvalue weighted by Gasteiger charge is -2.38. The molecule has 28 heavy (non-hydrogen) atoms. The summed E-state index contributed by atoms with van der Waals surface area (Å²) in [6.45, 7) is 7.48. The van der Waals surface area contributed by atoms with Crippen molar-refractivity contribution in [1.82, 2.24) is 0 Å². The Morgan fingerprint density at radius 1 is 1.29 bits per heavy atom. The maximum absolute atomic E-state index is 13.0. The molecule has 0 saturated heterocycles. The normalized spacial score (nSPS) is 21.1. The summed E-state index contributed by atoms with van der Waals surface area (Å²) in [6.07, 6.45) is 0.563. The van der Waals surface area contributed by atoms with E-state index in [4.69, 9.17) is 20.5 Å². The predicted molar refractivity (Wildman–Crippen MR) is 102 cm³/mol. The van der Waals surface area contributed by atoms with Crippen LogP contribution in [-0.2, 0) is 19.1 Å². The summed E-state index contributed by atoms with van der Waals surface area (Å²) in [4.78, 5) is 25.9. The molecule has 0 amide bonds. The molecule has 2 aliphatic rings. The third kappa shape index (κ3) is 3.65. The van der Waals surface area contributed by atoms with E-state index in [9.17, 15) is 9.59 Å². The van der Waals surface area contributed by atoms with Crippen molar-refractivity contribution in [2.45, 2.75) is 52.6 Å². The molecule has 0 fully saturated rings. The highest BCUT2D eigenvalue weighted by molar-refractivity contribution is 6.03. The van der Waals surface area contributed by atoms with Gasteiger partial charge in [-0.05, 0) is 37.0 Å². The van der Waals surface area contributed by atoms with Gasteiger partial charge in [-0.3, -0.25) is 4.79 Å².